The molecular weight excluding hydrogens is 328 g/mol. The number of ether oxygens (including phenoxy) is 1. The van der Waals surface area contributed by atoms with E-state index in [2.05, 4.69) is 5.32 Å². The summed E-state index contributed by atoms with van der Waals surface area (Å²) in [7, 11) is 0. The molecule has 3 heterocycles. The van der Waals surface area contributed by atoms with E-state index in [1.54, 1.807) is 11.0 Å². The number of hydrogen-bond donors (Lipinski definition) is 2. The van der Waals surface area contributed by atoms with Crippen LogP contribution < -0.4 is 5.32 Å². The van der Waals surface area contributed by atoms with Crippen molar-refractivity contribution in [3.8, 4) is 0 Å². The van der Waals surface area contributed by atoms with Crippen LogP contribution in [0.2, 0.25) is 0 Å². The van der Waals surface area contributed by atoms with Crippen molar-refractivity contribution < 1.29 is 19.4 Å². The normalized spacial score (nSPS) is 21.3. The number of nitrogens with one attached hydrogen (secondary N) is 1. The van der Waals surface area contributed by atoms with E-state index in [0.717, 1.165) is 26.9 Å². The maximum atomic E-state index is 12.8. The smallest absolute Gasteiger partial charge is 0.261 e. The Bertz CT molecular complexity index is 816. The molecule has 4 rings (SSSR count). The van der Waals surface area contributed by atoms with Gasteiger partial charge in [-0.15, -0.1) is 11.3 Å². The summed E-state index contributed by atoms with van der Waals surface area (Å²) in [6, 6.07) is 5.58. The van der Waals surface area contributed by atoms with Gasteiger partial charge < -0.3 is 20.1 Å². The molecule has 1 aromatic carbocycles. The van der Waals surface area contributed by atoms with Crippen LogP contribution in [0.25, 0.3) is 10.1 Å². The maximum absolute atomic E-state index is 12.8. The summed E-state index contributed by atoms with van der Waals surface area (Å²) in [5, 5.41) is 13.7. The quantitative estimate of drug-likeness (QED) is 0.808. The van der Waals surface area contributed by atoms with Gasteiger partial charge in [0.05, 0.1) is 24.2 Å². The van der Waals surface area contributed by atoms with Gasteiger partial charge in [0.25, 0.3) is 11.8 Å². The number of rotatable bonds is 1. The monoisotopic (exact) mass is 346 g/mol. The van der Waals surface area contributed by atoms with Gasteiger partial charge in [-0.05, 0) is 35.6 Å². The third-order valence-electron chi connectivity index (χ3n) is 4.44. The largest absolute Gasteiger partial charge is 0.389 e. The summed E-state index contributed by atoms with van der Waals surface area (Å²) in [6.45, 7) is 2.07. The molecule has 1 fully saturated rings. The predicted molar refractivity (Wildman–Crippen MR) is 90.6 cm³/mol. The lowest BCUT2D eigenvalue weighted by molar-refractivity contribution is 0.0534. The molecule has 126 valence electrons. The average molecular weight is 346 g/mol. The van der Waals surface area contributed by atoms with Crippen LogP contribution in [0.1, 0.15) is 25.6 Å². The van der Waals surface area contributed by atoms with Crippen LogP contribution in [0.3, 0.4) is 0 Å². The Morgan fingerprint density at radius 2 is 2.29 bits per heavy atom. The first-order chi connectivity index (χ1) is 11.6. The molecule has 0 radical (unpaired) electrons. The fourth-order valence-electron chi connectivity index (χ4n) is 3.25. The van der Waals surface area contributed by atoms with Crippen molar-refractivity contribution in [2.75, 3.05) is 32.8 Å². The Morgan fingerprint density at radius 3 is 3.17 bits per heavy atom. The second kappa shape index (κ2) is 6.16. The van der Waals surface area contributed by atoms with Crippen molar-refractivity contribution in [1.82, 2.24) is 10.2 Å². The highest BCUT2D eigenvalue weighted by molar-refractivity contribution is 7.21. The van der Waals surface area contributed by atoms with Crippen molar-refractivity contribution in [3.63, 3.8) is 0 Å². The number of aliphatic hydroxyl groups is 1. The summed E-state index contributed by atoms with van der Waals surface area (Å²) in [5.74, 6) is -0.139. The maximum Gasteiger partial charge on any atom is 0.261 e. The molecule has 0 bridgehead atoms. The molecule has 24 heavy (non-hydrogen) atoms. The highest BCUT2D eigenvalue weighted by Crippen LogP contribution is 2.34. The molecule has 2 aliphatic heterocycles. The lowest BCUT2D eigenvalue weighted by Gasteiger charge is -2.21. The van der Waals surface area contributed by atoms with Gasteiger partial charge in [-0.3, -0.25) is 9.59 Å². The molecule has 0 saturated carbocycles. The lowest BCUT2D eigenvalue weighted by Crippen LogP contribution is -2.37. The first kappa shape index (κ1) is 15.6. The van der Waals surface area contributed by atoms with Gasteiger partial charge in [0.2, 0.25) is 0 Å². The number of β-amino-alcohol motifs (C(OH)–C–C–N with tert-alkyl or cyclic N) is 1. The van der Waals surface area contributed by atoms with Crippen molar-refractivity contribution in [2.24, 2.45) is 0 Å². The highest BCUT2D eigenvalue weighted by Gasteiger charge is 2.25. The second-order valence-electron chi connectivity index (χ2n) is 6.11. The number of aliphatic hydroxyl groups excluding tert-OH is 1. The number of nitrogens with zero attached hydrogens (tertiary/aromatic N) is 1. The zero-order valence-corrected chi connectivity index (χ0v) is 13.9. The standard InChI is InChI=1S/C17H18N2O4S/c20-11-8-19(5-6-23-9-11)17(22)10-1-2-14-13(7-10)12-3-4-18-16(21)15(12)24-14/h1-2,7,11,20H,3-6,8-9H2,(H,18,21)/t11-/m1/s1. The van der Waals surface area contributed by atoms with E-state index in [0.29, 0.717) is 25.3 Å². The summed E-state index contributed by atoms with van der Waals surface area (Å²) < 4.78 is 6.30. The zero-order valence-electron chi connectivity index (χ0n) is 13.1. The summed E-state index contributed by atoms with van der Waals surface area (Å²) >= 11 is 1.47. The number of benzene rings is 1. The Hall–Kier alpha value is -1.96. The molecule has 0 unspecified atom stereocenters. The average Bonchev–Trinajstić information content (AvgIpc) is 2.82. The number of thiophene rings is 1. The minimum absolute atomic E-state index is 0.0295. The first-order valence-electron chi connectivity index (χ1n) is 8.02. The Labute approximate surface area is 143 Å². The molecule has 7 heteroatoms. The summed E-state index contributed by atoms with van der Waals surface area (Å²) in [4.78, 5) is 27.1. The summed E-state index contributed by atoms with van der Waals surface area (Å²) in [5.41, 5.74) is 1.62. The third kappa shape index (κ3) is 2.68. The lowest BCUT2D eigenvalue weighted by atomic mass is 10.0. The van der Waals surface area contributed by atoms with Gasteiger partial charge in [0.1, 0.15) is 0 Å². The van der Waals surface area contributed by atoms with Crippen LogP contribution in [-0.4, -0.2) is 60.8 Å². The van der Waals surface area contributed by atoms with E-state index < -0.39 is 6.10 Å². The third-order valence-corrected chi connectivity index (χ3v) is 5.65. The fraction of sp³-hybridized carbons (Fsp3) is 0.412. The highest BCUT2D eigenvalue weighted by atomic mass is 32.1. The molecule has 6 nitrogen and oxygen atoms in total. The van der Waals surface area contributed by atoms with Gasteiger partial charge in [-0.25, -0.2) is 0 Å². The van der Waals surface area contributed by atoms with E-state index in [1.165, 1.54) is 11.3 Å². The number of hydrogen-bond acceptors (Lipinski definition) is 5. The molecule has 1 saturated heterocycles. The van der Waals surface area contributed by atoms with Crippen LogP contribution >= 0.6 is 11.3 Å². The van der Waals surface area contributed by atoms with Crippen molar-refractivity contribution >= 4 is 33.2 Å². The molecule has 1 aromatic heterocycles. The second-order valence-corrected chi connectivity index (χ2v) is 7.16. The van der Waals surface area contributed by atoms with Gasteiger partial charge in [0, 0.05) is 29.9 Å². The van der Waals surface area contributed by atoms with E-state index in [1.807, 2.05) is 12.1 Å². The number of carbonyl (C=O) groups is 2. The van der Waals surface area contributed by atoms with E-state index in [4.69, 9.17) is 4.74 Å². The molecule has 2 aromatic rings. The molecular formula is C17H18N2O4S. The molecule has 0 aliphatic carbocycles. The zero-order chi connectivity index (χ0) is 16.7. The van der Waals surface area contributed by atoms with Crippen molar-refractivity contribution in [1.29, 1.82) is 0 Å². The van der Waals surface area contributed by atoms with Gasteiger partial charge in [0.15, 0.2) is 0 Å². The van der Waals surface area contributed by atoms with Crippen LogP contribution in [0.5, 0.6) is 0 Å². The first-order valence-corrected chi connectivity index (χ1v) is 8.84. The number of carbonyl (C=O) groups excluding carboxylic acids is 2. The SMILES string of the molecule is O=C1NCCc2c1sc1ccc(C(=O)N3CCOC[C@H](O)C3)cc21. The van der Waals surface area contributed by atoms with E-state index >= 15 is 0 Å². The van der Waals surface area contributed by atoms with Crippen LogP contribution in [0, 0.1) is 0 Å². The predicted octanol–water partition coefficient (Wildman–Crippen LogP) is 1.02. The minimum atomic E-state index is -0.655. The topological polar surface area (TPSA) is 78.9 Å². The van der Waals surface area contributed by atoms with Gasteiger partial charge >= 0.3 is 0 Å². The number of fused-ring (bicyclic) bond motifs is 3. The van der Waals surface area contributed by atoms with Crippen molar-refractivity contribution in [3.05, 3.63) is 34.2 Å². The van der Waals surface area contributed by atoms with Crippen LogP contribution in [0.15, 0.2) is 18.2 Å². The van der Waals surface area contributed by atoms with Gasteiger partial charge in [-0.2, -0.15) is 0 Å². The Morgan fingerprint density at radius 1 is 1.42 bits per heavy atom. The fourth-order valence-corrected chi connectivity index (χ4v) is 4.40. The number of amides is 2. The van der Waals surface area contributed by atoms with Crippen LogP contribution in [0.4, 0.5) is 0 Å². The molecule has 2 amide bonds. The van der Waals surface area contributed by atoms with Crippen LogP contribution in [-0.2, 0) is 11.2 Å². The molecule has 1 atom stereocenters. The van der Waals surface area contributed by atoms with Crippen molar-refractivity contribution in [2.45, 2.75) is 12.5 Å². The van der Waals surface area contributed by atoms with E-state index in [9.17, 15) is 14.7 Å². The molecule has 0 spiro atoms. The molecule has 2 aliphatic rings. The Kier molecular flexibility index (Phi) is 3.99. The summed E-state index contributed by atoms with van der Waals surface area (Å²) in [6.07, 6.45) is 0.132. The van der Waals surface area contributed by atoms with Gasteiger partial charge in [-0.1, -0.05) is 0 Å². The molecule has 2 N–H and O–H groups in total. The Balaban J connectivity index is 1.69. The van der Waals surface area contributed by atoms with E-state index in [-0.39, 0.29) is 25.0 Å². The minimum Gasteiger partial charge on any atom is -0.389 e.